The van der Waals surface area contributed by atoms with E-state index in [1.165, 1.54) is 5.69 Å². The number of anilines is 1. The van der Waals surface area contributed by atoms with E-state index in [0.717, 1.165) is 45.6 Å². The minimum Gasteiger partial charge on any atom is -0.466 e. The van der Waals surface area contributed by atoms with Crippen LogP contribution in [0.5, 0.6) is 0 Å². The second-order valence-corrected chi connectivity index (χ2v) is 7.73. The van der Waals surface area contributed by atoms with Crippen molar-refractivity contribution >= 4 is 17.5 Å². The third kappa shape index (κ3) is 6.35. The van der Waals surface area contributed by atoms with Crippen LogP contribution in [0.15, 0.2) is 40.8 Å². The molecule has 1 aromatic carbocycles. The number of unbranched alkanes of at least 4 members (excludes halogenated alkanes) is 1. The minimum absolute atomic E-state index is 0.0239. The molecule has 1 fully saturated rings. The highest BCUT2D eigenvalue weighted by molar-refractivity contribution is 5.97. The summed E-state index contributed by atoms with van der Waals surface area (Å²) >= 11 is 0. The van der Waals surface area contributed by atoms with Crippen molar-refractivity contribution in [2.75, 3.05) is 50.7 Å². The van der Waals surface area contributed by atoms with Gasteiger partial charge in [0.2, 0.25) is 5.91 Å². The lowest BCUT2D eigenvalue weighted by atomic mass is 10.2. The molecule has 30 heavy (non-hydrogen) atoms. The Labute approximate surface area is 178 Å². The number of aryl methyl sites for hydroxylation is 2. The fourth-order valence-electron chi connectivity index (χ4n) is 3.73. The first-order chi connectivity index (χ1) is 14.5. The molecule has 2 amide bonds. The topological polar surface area (TPSA) is 77.8 Å². The molecule has 0 saturated carbocycles. The number of nitrogens with zero attached hydrogens (tertiary/aromatic N) is 2. The highest BCUT2D eigenvalue weighted by Gasteiger charge is 2.17. The average Bonchev–Trinajstić information content (AvgIpc) is 3.11. The van der Waals surface area contributed by atoms with Gasteiger partial charge in [0.25, 0.3) is 5.91 Å². The molecule has 2 heterocycles. The molecule has 0 spiro atoms. The molecule has 7 heteroatoms. The minimum atomic E-state index is -0.283. The average molecular weight is 413 g/mol. The number of benzene rings is 1. The summed E-state index contributed by atoms with van der Waals surface area (Å²) in [7, 11) is 0. The summed E-state index contributed by atoms with van der Waals surface area (Å²) in [5.74, 6) is 0.797. The third-order valence-corrected chi connectivity index (χ3v) is 5.41. The zero-order valence-electron chi connectivity index (χ0n) is 17.9. The van der Waals surface area contributed by atoms with Crippen LogP contribution in [0.3, 0.4) is 0 Å². The van der Waals surface area contributed by atoms with Gasteiger partial charge in [-0.1, -0.05) is 18.2 Å². The lowest BCUT2D eigenvalue weighted by Gasteiger charge is -2.36. The summed E-state index contributed by atoms with van der Waals surface area (Å²) in [5, 5.41) is 5.51. The van der Waals surface area contributed by atoms with Gasteiger partial charge in [0.05, 0.1) is 12.1 Å². The van der Waals surface area contributed by atoms with Crippen LogP contribution in [-0.2, 0) is 4.79 Å². The Morgan fingerprint density at radius 3 is 2.40 bits per heavy atom. The molecule has 1 saturated heterocycles. The number of para-hydroxylation sites is 1. The Morgan fingerprint density at radius 2 is 1.73 bits per heavy atom. The van der Waals surface area contributed by atoms with Gasteiger partial charge in [0.15, 0.2) is 0 Å². The predicted octanol–water partition coefficient (Wildman–Crippen LogP) is 2.34. The Kier molecular flexibility index (Phi) is 7.90. The van der Waals surface area contributed by atoms with Crippen molar-refractivity contribution in [3.8, 4) is 0 Å². The second kappa shape index (κ2) is 10.8. The van der Waals surface area contributed by atoms with Crippen LogP contribution in [0, 0.1) is 13.8 Å². The van der Waals surface area contributed by atoms with Crippen LogP contribution in [0.4, 0.5) is 5.69 Å². The van der Waals surface area contributed by atoms with Crippen LogP contribution in [0.25, 0.3) is 0 Å². The molecular formula is C23H32N4O3. The van der Waals surface area contributed by atoms with E-state index in [4.69, 9.17) is 4.42 Å². The fraction of sp³-hybridized carbons (Fsp3) is 0.478. The van der Waals surface area contributed by atoms with Crippen molar-refractivity contribution in [1.82, 2.24) is 15.5 Å². The molecule has 1 aliphatic rings. The highest BCUT2D eigenvalue weighted by Crippen LogP contribution is 2.15. The standard InChI is InChI=1S/C23H32N4O3/c1-18-16-21(19(2)30-18)23(29)25-17-22(28)24-10-6-7-11-26-12-14-27(15-13-26)20-8-4-3-5-9-20/h3-5,8-9,16H,6-7,10-15,17H2,1-2H3,(H,24,28)(H,25,29). The van der Waals surface area contributed by atoms with Crippen molar-refractivity contribution < 1.29 is 14.0 Å². The van der Waals surface area contributed by atoms with E-state index < -0.39 is 0 Å². The van der Waals surface area contributed by atoms with E-state index in [1.54, 1.807) is 19.9 Å². The second-order valence-electron chi connectivity index (χ2n) is 7.73. The molecule has 162 valence electrons. The van der Waals surface area contributed by atoms with Gasteiger partial charge in [-0.25, -0.2) is 0 Å². The Hall–Kier alpha value is -2.80. The van der Waals surface area contributed by atoms with Crippen LogP contribution in [0.2, 0.25) is 0 Å². The van der Waals surface area contributed by atoms with Gasteiger partial charge in [-0.3, -0.25) is 14.5 Å². The number of furan rings is 1. The fourth-order valence-corrected chi connectivity index (χ4v) is 3.73. The van der Waals surface area contributed by atoms with Gasteiger partial charge >= 0.3 is 0 Å². The molecule has 1 aromatic heterocycles. The first kappa shape index (κ1) is 21.9. The lowest BCUT2D eigenvalue weighted by molar-refractivity contribution is -0.120. The number of amides is 2. The van der Waals surface area contributed by atoms with E-state index in [0.29, 0.717) is 23.6 Å². The number of nitrogens with one attached hydrogen (secondary N) is 2. The molecule has 2 aromatic rings. The summed E-state index contributed by atoms with van der Waals surface area (Å²) in [5.41, 5.74) is 1.78. The number of carbonyl (C=O) groups is 2. The predicted molar refractivity (Wildman–Crippen MR) is 118 cm³/mol. The van der Waals surface area contributed by atoms with Gasteiger partial charge < -0.3 is 20.0 Å². The molecule has 3 rings (SSSR count). The summed E-state index contributed by atoms with van der Waals surface area (Å²) < 4.78 is 5.34. The van der Waals surface area contributed by atoms with Crippen LogP contribution < -0.4 is 15.5 Å². The molecular weight excluding hydrogens is 380 g/mol. The van der Waals surface area contributed by atoms with Crippen molar-refractivity contribution in [1.29, 1.82) is 0 Å². The molecule has 0 unspecified atom stereocenters. The maximum absolute atomic E-state index is 12.1. The summed E-state index contributed by atoms with van der Waals surface area (Å²) in [6, 6.07) is 12.2. The molecule has 0 bridgehead atoms. The van der Waals surface area contributed by atoms with Gasteiger partial charge in [-0.05, 0) is 51.4 Å². The van der Waals surface area contributed by atoms with Crippen LogP contribution in [0.1, 0.15) is 34.7 Å². The summed E-state index contributed by atoms with van der Waals surface area (Å²) in [4.78, 5) is 28.9. The first-order valence-corrected chi connectivity index (χ1v) is 10.7. The van der Waals surface area contributed by atoms with Crippen molar-refractivity contribution in [3.05, 3.63) is 53.5 Å². The van der Waals surface area contributed by atoms with E-state index in [2.05, 4.69) is 44.7 Å². The summed E-state index contributed by atoms with van der Waals surface area (Å²) in [6.45, 7) is 9.43. The smallest absolute Gasteiger partial charge is 0.255 e. The van der Waals surface area contributed by atoms with Crippen LogP contribution in [-0.4, -0.2) is 62.5 Å². The highest BCUT2D eigenvalue weighted by atomic mass is 16.3. The zero-order valence-corrected chi connectivity index (χ0v) is 17.9. The zero-order chi connectivity index (χ0) is 21.3. The number of hydrogen-bond acceptors (Lipinski definition) is 5. The van der Waals surface area contributed by atoms with E-state index in [-0.39, 0.29) is 18.4 Å². The largest absolute Gasteiger partial charge is 0.466 e. The van der Waals surface area contributed by atoms with Crippen molar-refractivity contribution in [2.45, 2.75) is 26.7 Å². The number of carbonyl (C=O) groups excluding carboxylic acids is 2. The maximum Gasteiger partial charge on any atom is 0.255 e. The van der Waals surface area contributed by atoms with E-state index in [9.17, 15) is 9.59 Å². The normalized spacial score (nSPS) is 14.5. The molecule has 0 radical (unpaired) electrons. The Balaban J connectivity index is 1.24. The van der Waals surface area contributed by atoms with Gasteiger partial charge in [0.1, 0.15) is 11.5 Å². The van der Waals surface area contributed by atoms with Crippen molar-refractivity contribution in [3.63, 3.8) is 0 Å². The molecule has 2 N–H and O–H groups in total. The van der Waals surface area contributed by atoms with Gasteiger partial charge in [-0.2, -0.15) is 0 Å². The first-order valence-electron chi connectivity index (χ1n) is 10.7. The molecule has 0 aliphatic carbocycles. The number of piperazine rings is 1. The maximum atomic E-state index is 12.1. The lowest BCUT2D eigenvalue weighted by Crippen LogP contribution is -2.46. The van der Waals surface area contributed by atoms with Gasteiger partial charge in [-0.15, -0.1) is 0 Å². The van der Waals surface area contributed by atoms with E-state index >= 15 is 0 Å². The Morgan fingerprint density at radius 1 is 1.00 bits per heavy atom. The quantitative estimate of drug-likeness (QED) is 0.618. The Bertz CT molecular complexity index is 826. The van der Waals surface area contributed by atoms with E-state index in [1.807, 2.05) is 6.07 Å². The SMILES string of the molecule is Cc1cc(C(=O)NCC(=O)NCCCCN2CCN(c3ccccc3)CC2)c(C)o1. The number of rotatable bonds is 9. The van der Waals surface area contributed by atoms with Gasteiger partial charge in [0, 0.05) is 38.4 Å². The molecule has 0 atom stereocenters. The molecule has 1 aliphatic heterocycles. The van der Waals surface area contributed by atoms with Crippen LogP contribution >= 0.6 is 0 Å². The number of hydrogen-bond donors (Lipinski definition) is 2. The monoisotopic (exact) mass is 412 g/mol. The molecule has 7 nitrogen and oxygen atoms in total. The van der Waals surface area contributed by atoms with Crippen molar-refractivity contribution in [2.24, 2.45) is 0 Å². The summed E-state index contributed by atoms with van der Waals surface area (Å²) in [6.07, 6.45) is 1.98. The third-order valence-electron chi connectivity index (χ3n) is 5.41.